The highest BCUT2D eigenvalue weighted by Crippen LogP contribution is 2.30. The summed E-state index contributed by atoms with van der Waals surface area (Å²) >= 11 is 0. The van der Waals surface area contributed by atoms with Gasteiger partial charge < -0.3 is 19.3 Å². The molecule has 2 aromatic heterocycles. The van der Waals surface area contributed by atoms with E-state index in [1.165, 1.54) is 0 Å². The summed E-state index contributed by atoms with van der Waals surface area (Å²) < 4.78 is 16.4. The Morgan fingerprint density at radius 2 is 2.00 bits per heavy atom. The number of amides is 1. The lowest BCUT2D eigenvalue weighted by molar-refractivity contribution is -0.121. The summed E-state index contributed by atoms with van der Waals surface area (Å²) in [6, 6.07) is 11.1. The fourth-order valence-corrected chi connectivity index (χ4v) is 2.63. The van der Waals surface area contributed by atoms with E-state index in [-0.39, 0.29) is 5.91 Å². The van der Waals surface area contributed by atoms with Gasteiger partial charge in [0.05, 0.1) is 6.61 Å². The normalized spacial score (nSPS) is 10.6. The van der Waals surface area contributed by atoms with Crippen LogP contribution in [0.25, 0.3) is 0 Å². The molecule has 0 aliphatic heterocycles. The topological polar surface area (TPSA) is 99.4 Å². The van der Waals surface area contributed by atoms with Gasteiger partial charge in [-0.2, -0.15) is 4.98 Å². The summed E-state index contributed by atoms with van der Waals surface area (Å²) in [5, 5.41) is 6.61. The Labute approximate surface area is 169 Å². The molecule has 3 rings (SSSR count). The van der Waals surface area contributed by atoms with Crippen LogP contribution >= 0.6 is 0 Å². The number of nitrogens with one attached hydrogen (secondary N) is 1. The maximum Gasteiger partial charge on any atom is 0.226 e. The van der Waals surface area contributed by atoms with Gasteiger partial charge in [-0.15, -0.1) is 0 Å². The zero-order chi connectivity index (χ0) is 20.5. The van der Waals surface area contributed by atoms with Crippen molar-refractivity contribution < 1.29 is 18.8 Å². The van der Waals surface area contributed by atoms with Crippen LogP contribution in [-0.2, 0) is 17.8 Å². The molecular formula is C21H24N4O4. The number of hydrogen-bond donors (Lipinski definition) is 1. The van der Waals surface area contributed by atoms with Gasteiger partial charge >= 0.3 is 0 Å². The third-order valence-corrected chi connectivity index (χ3v) is 4.01. The molecule has 8 nitrogen and oxygen atoms in total. The van der Waals surface area contributed by atoms with Crippen molar-refractivity contribution >= 4 is 5.91 Å². The SMILES string of the molecule is CCOc1ccccc1Oc1ccc(CNC(=O)CCCc2nc(C)no2)cn1. The summed E-state index contributed by atoms with van der Waals surface area (Å²) in [6.07, 6.45) is 3.31. The maximum absolute atomic E-state index is 12.0. The summed E-state index contributed by atoms with van der Waals surface area (Å²) in [5.74, 6) is 2.87. The van der Waals surface area contributed by atoms with Crippen molar-refractivity contribution in [3.63, 3.8) is 0 Å². The smallest absolute Gasteiger partial charge is 0.226 e. The van der Waals surface area contributed by atoms with E-state index >= 15 is 0 Å². The first-order valence-electron chi connectivity index (χ1n) is 9.54. The minimum Gasteiger partial charge on any atom is -0.490 e. The monoisotopic (exact) mass is 396 g/mol. The molecule has 2 heterocycles. The number of rotatable bonds is 10. The Morgan fingerprint density at radius 1 is 1.17 bits per heavy atom. The molecule has 0 saturated heterocycles. The second-order valence-corrected chi connectivity index (χ2v) is 6.35. The minimum atomic E-state index is -0.0350. The van der Waals surface area contributed by atoms with E-state index in [0.29, 0.717) is 61.5 Å². The molecule has 0 spiro atoms. The fourth-order valence-electron chi connectivity index (χ4n) is 2.63. The van der Waals surface area contributed by atoms with E-state index in [4.69, 9.17) is 14.0 Å². The highest BCUT2D eigenvalue weighted by atomic mass is 16.5. The molecular weight excluding hydrogens is 372 g/mol. The lowest BCUT2D eigenvalue weighted by atomic mass is 10.2. The van der Waals surface area contributed by atoms with Crippen molar-refractivity contribution in [1.82, 2.24) is 20.4 Å². The molecule has 1 N–H and O–H groups in total. The third kappa shape index (κ3) is 6.31. The second kappa shape index (κ2) is 10.2. The molecule has 0 fully saturated rings. The van der Waals surface area contributed by atoms with E-state index in [1.807, 2.05) is 37.3 Å². The van der Waals surface area contributed by atoms with Gasteiger partial charge in [-0.25, -0.2) is 4.98 Å². The van der Waals surface area contributed by atoms with Crippen molar-refractivity contribution in [2.24, 2.45) is 0 Å². The minimum absolute atomic E-state index is 0.0350. The maximum atomic E-state index is 12.0. The molecule has 0 aliphatic carbocycles. The Kier molecular flexibility index (Phi) is 7.16. The number of aryl methyl sites for hydroxylation is 2. The van der Waals surface area contributed by atoms with Crippen LogP contribution < -0.4 is 14.8 Å². The predicted molar refractivity (Wildman–Crippen MR) is 106 cm³/mol. The van der Waals surface area contributed by atoms with Crippen LogP contribution in [0.5, 0.6) is 17.4 Å². The molecule has 152 valence electrons. The Hall–Kier alpha value is -3.42. The van der Waals surface area contributed by atoms with E-state index in [1.54, 1.807) is 19.2 Å². The molecule has 8 heteroatoms. The molecule has 0 unspecified atom stereocenters. The van der Waals surface area contributed by atoms with Gasteiger partial charge in [-0.05, 0) is 38.0 Å². The van der Waals surface area contributed by atoms with Crippen LogP contribution in [0.15, 0.2) is 47.1 Å². The number of carbonyl (C=O) groups is 1. The number of benzene rings is 1. The molecule has 1 aromatic carbocycles. The predicted octanol–water partition coefficient (Wildman–Crippen LogP) is 3.60. The first-order valence-corrected chi connectivity index (χ1v) is 9.54. The Morgan fingerprint density at radius 3 is 2.69 bits per heavy atom. The van der Waals surface area contributed by atoms with Crippen LogP contribution in [0.1, 0.15) is 37.0 Å². The van der Waals surface area contributed by atoms with Crippen LogP contribution in [0.2, 0.25) is 0 Å². The average Bonchev–Trinajstić information content (AvgIpc) is 3.14. The van der Waals surface area contributed by atoms with Crippen LogP contribution in [0.4, 0.5) is 0 Å². The van der Waals surface area contributed by atoms with Crippen LogP contribution in [-0.4, -0.2) is 27.6 Å². The number of para-hydroxylation sites is 2. The Bertz CT molecular complexity index is 924. The summed E-state index contributed by atoms with van der Waals surface area (Å²) in [5.41, 5.74) is 0.885. The van der Waals surface area contributed by atoms with Crippen LogP contribution in [0.3, 0.4) is 0 Å². The molecule has 0 saturated carbocycles. The van der Waals surface area contributed by atoms with Gasteiger partial charge in [0.25, 0.3) is 0 Å². The first-order chi connectivity index (χ1) is 14.1. The van der Waals surface area contributed by atoms with Crippen molar-refractivity contribution in [3.05, 3.63) is 59.9 Å². The number of ether oxygens (including phenoxy) is 2. The fraction of sp³-hybridized carbons (Fsp3) is 0.333. The van der Waals surface area contributed by atoms with Crippen molar-refractivity contribution in [2.75, 3.05) is 6.61 Å². The van der Waals surface area contributed by atoms with Crippen molar-refractivity contribution in [1.29, 1.82) is 0 Å². The third-order valence-electron chi connectivity index (χ3n) is 4.01. The van der Waals surface area contributed by atoms with Gasteiger partial charge in [-0.3, -0.25) is 4.79 Å². The highest BCUT2D eigenvalue weighted by Gasteiger charge is 2.08. The number of carbonyl (C=O) groups excluding carboxylic acids is 1. The van der Waals surface area contributed by atoms with Gasteiger partial charge in [-0.1, -0.05) is 23.4 Å². The quantitative estimate of drug-likeness (QED) is 0.559. The molecule has 29 heavy (non-hydrogen) atoms. The summed E-state index contributed by atoms with van der Waals surface area (Å²) in [6.45, 7) is 4.65. The number of hydrogen-bond acceptors (Lipinski definition) is 7. The van der Waals surface area contributed by atoms with Crippen molar-refractivity contribution in [2.45, 2.75) is 39.7 Å². The number of aromatic nitrogens is 3. The van der Waals surface area contributed by atoms with Gasteiger partial charge in [0.2, 0.25) is 17.7 Å². The first kappa shape index (κ1) is 20.3. The molecule has 0 atom stereocenters. The molecule has 3 aromatic rings. The van der Waals surface area contributed by atoms with E-state index in [0.717, 1.165) is 5.56 Å². The lowest BCUT2D eigenvalue weighted by Gasteiger charge is -2.11. The van der Waals surface area contributed by atoms with Gasteiger partial charge in [0.15, 0.2) is 17.3 Å². The van der Waals surface area contributed by atoms with E-state index in [2.05, 4.69) is 20.4 Å². The lowest BCUT2D eigenvalue weighted by Crippen LogP contribution is -2.22. The largest absolute Gasteiger partial charge is 0.490 e. The molecule has 0 bridgehead atoms. The molecule has 0 radical (unpaired) electrons. The average molecular weight is 396 g/mol. The Balaban J connectivity index is 1.43. The van der Waals surface area contributed by atoms with Gasteiger partial charge in [0.1, 0.15) is 0 Å². The summed E-state index contributed by atoms with van der Waals surface area (Å²) in [7, 11) is 0. The summed E-state index contributed by atoms with van der Waals surface area (Å²) in [4.78, 5) is 20.4. The second-order valence-electron chi connectivity index (χ2n) is 6.35. The molecule has 1 amide bonds. The van der Waals surface area contributed by atoms with E-state index in [9.17, 15) is 4.79 Å². The van der Waals surface area contributed by atoms with Gasteiger partial charge in [0, 0.05) is 31.6 Å². The molecule has 0 aliphatic rings. The van der Waals surface area contributed by atoms with Crippen LogP contribution in [0, 0.1) is 6.92 Å². The zero-order valence-corrected chi connectivity index (χ0v) is 16.6. The zero-order valence-electron chi connectivity index (χ0n) is 16.6. The van der Waals surface area contributed by atoms with Crippen molar-refractivity contribution in [3.8, 4) is 17.4 Å². The number of pyridine rings is 1. The van der Waals surface area contributed by atoms with E-state index < -0.39 is 0 Å². The highest BCUT2D eigenvalue weighted by molar-refractivity contribution is 5.75. The standard InChI is InChI=1S/C21H24N4O4/c1-3-27-17-7-4-5-8-18(17)28-20-12-11-16(14-23-20)13-22-19(26)9-6-10-21-24-15(2)25-29-21/h4-5,7-8,11-12,14H,3,6,9-10,13H2,1-2H3,(H,22,26). The number of nitrogens with zero attached hydrogens (tertiary/aromatic N) is 3.